The number of benzene rings is 2. The molecule has 0 saturated heterocycles. The van der Waals surface area contributed by atoms with Crippen LogP contribution in [0.3, 0.4) is 0 Å². The normalized spacial score (nSPS) is 15.3. The van der Waals surface area contributed by atoms with Crippen LogP contribution in [0, 0.1) is 0 Å². The molecule has 1 aliphatic rings. The lowest BCUT2D eigenvalue weighted by molar-refractivity contribution is -0.121. The predicted molar refractivity (Wildman–Crippen MR) is 121 cm³/mol. The predicted octanol–water partition coefficient (Wildman–Crippen LogP) is 4.34. The number of ketones is 1. The number of nitrogens with one attached hydrogen (secondary N) is 1. The van der Waals surface area contributed by atoms with E-state index < -0.39 is 0 Å². The molecule has 0 fully saturated rings. The van der Waals surface area contributed by atoms with E-state index in [1.807, 2.05) is 48.5 Å². The van der Waals surface area contributed by atoms with Crippen LogP contribution in [0.1, 0.15) is 33.9 Å². The number of anilines is 1. The number of carbonyl (C=O) groups is 2. The molecule has 0 spiro atoms. The Morgan fingerprint density at radius 1 is 1.07 bits per heavy atom. The summed E-state index contributed by atoms with van der Waals surface area (Å²) >= 11 is 3.37. The minimum atomic E-state index is -0.324. The maximum absolute atomic E-state index is 13.2. The molecule has 2 aromatic carbocycles. The zero-order chi connectivity index (χ0) is 20.9. The van der Waals surface area contributed by atoms with Gasteiger partial charge in [0, 0.05) is 42.1 Å². The van der Waals surface area contributed by atoms with Crippen LogP contribution in [0.5, 0.6) is 0 Å². The number of Topliss-reactive ketones (excluding diaryl/α,β-unsaturated/α-hetero) is 1. The molecular formula is C24H22BrN3O2. The standard InChI is InChI=1S/C24H22BrN3O2/c25-19-14-18(15-26-16-19)24(30)28(20-7-2-1-3-8-20)13-11-22(29)23-21-9-5-4-6-17(21)10-12-27-23/h1-9,14-16,23,27H,10-13H2. The Morgan fingerprint density at radius 3 is 2.63 bits per heavy atom. The van der Waals surface area contributed by atoms with Crippen molar-refractivity contribution in [3.8, 4) is 0 Å². The molecule has 0 aliphatic carbocycles. The van der Waals surface area contributed by atoms with Crippen molar-refractivity contribution in [2.75, 3.05) is 18.0 Å². The highest BCUT2D eigenvalue weighted by molar-refractivity contribution is 9.10. The van der Waals surface area contributed by atoms with Crippen molar-refractivity contribution in [3.63, 3.8) is 0 Å². The van der Waals surface area contributed by atoms with Gasteiger partial charge in [-0.05, 0) is 51.7 Å². The number of carbonyl (C=O) groups excluding carboxylic acids is 2. The summed E-state index contributed by atoms with van der Waals surface area (Å²) in [4.78, 5) is 32.1. The van der Waals surface area contributed by atoms with Crippen molar-refractivity contribution in [3.05, 3.63) is 94.2 Å². The number of nitrogens with zero attached hydrogens (tertiary/aromatic N) is 2. The van der Waals surface area contributed by atoms with E-state index in [1.54, 1.807) is 23.4 Å². The Labute approximate surface area is 184 Å². The van der Waals surface area contributed by atoms with Crippen LogP contribution < -0.4 is 10.2 Å². The van der Waals surface area contributed by atoms with Crippen molar-refractivity contribution in [2.24, 2.45) is 0 Å². The number of hydrogen-bond acceptors (Lipinski definition) is 4. The highest BCUT2D eigenvalue weighted by Gasteiger charge is 2.27. The Balaban J connectivity index is 1.54. The summed E-state index contributed by atoms with van der Waals surface area (Å²) < 4.78 is 0.737. The van der Waals surface area contributed by atoms with Crippen molar-refractivity contribution >= 4 is 33.3 Å². The van der Waals surface area contributed by atoms with E-state index in [4.69, 9.17) is 0 Å². The van der Waals surface area contributed by atoms with Crippen LogP contribution in [-0.4, -0.2) is 29.8 Å². The average Bonchev–Trinajstić information content (AvgIpc) is 2.79. The number of aromatic nitrogens is 1. The van der Waals surface area contributed by atoms with E-state index in [0.717, 1.165) is 28.7 Å². The summed E-state index contributed by atoms with van der Waals surface area (Å²) in [7, 11) is 0. The number of halogens is 1. The summed E-state index contributed by atoms with van der Waals surface area (Å²) in [6.45, 7) is 1.08. The van der Waals surface area contributed by atoms with Gasteiger partial charge in [-0.25, -0.2) is 0 Å². The third kappa shape index (κ3) is 4.50. The van der Waals surface area contributed by atoms with Gasteiger partial charge in [0.05, 0.1) is 11.6 Å². The lowest BCUT2D eigenvalue weighted by atomic mass is 9.91. The van der Waals surface area contributed by atoms with Gasteiger partial charge in [-0.1, -0.05) is 42.5 Å². The first kappa shape index (κ1) is 20.4. The monoisotopic (exact) mass is 463 g/mol. The van der Waals surface area contributed by atoms with Crippen molar-refractivity contribution in [1.82, 2.24) is 10.3 Å². The molecule has 30 heavy (non-hydrogen) atoms. The first-order valence-corrected chi connectivity index (χ1v) is 10.7. The van der Waals surface area contributed by atoms with Crippen LogP contribution in [0.25, 0.3) is 0 Å². The van der Waals surface area contributed by atoms with E-state index in [0.29, 0.717) is 12.1 Å². The summed E-state index contributed by atoms with van der Waals surface area (Å²) in [5.41, 5.74) is 3.49. The van der Waals surface area contributed by atoms with Gasteiger partial charge in [0.25, 0.3) is 5.91 Å². The number of para-hydroxylation sites is 1. The number of rotatable bonds is 6. The molecule has 1 aromatic heterocycles. The fourth-order valence-electron chi connectivity index (χ4n) is 3.80. The fraction of sp³-hybridized carbons (Fsp3) is 0.208. The summed E-state index contributed by atoms with van der Waals surface area (Å²) in [5, 5.41) is 3.34. The molecule has 1 aliphatic heterocycles. The zero-order valence-electron chi connectivity index (χ0n) is 16.4. The van der Waals surface area contributed by atoms with Gasteiger partial charge >= 0.3 is 0 Å². The van der Waals surface area contributed by atoms with Gasteiger partial charge in [-0.2, -0.15) is 0 Å². The molecule has 4 rings (SSSR count). The highest BCUT2D eigenvalue weighted by Crippen LogP contribution is 2.25. The quantitative estimate of drug-likeness (QED) is 0.590. The second-order valence-corrected chi connectivity index (χ2v) is 8.15. The van der Waals surface area contributed by atoms with Crippen molar-refractivity contribution in [2.45, 2.75) is 18.9 Å². The molecule has 6 heteroatoms. The minimum absolute atomic E-state index is 0.0863. The number of amides is 1. The summed E-state index contributed by atoms with van der Waals surface area (Å²) in [6.07, 6.45) is 4.36. The van der Waals surface area contributed by atoms with E-state index in [-0.39, 0.29) is 24.2 Å². The van der Waals surface area contributed by atoms with Crippen LogP contribution in [-0.2, 0) is 11.2 Å². The molecule has 5 nitrogen and oxygen atoms in total. The molecule has 2 heterocycles. The molecule has 1 N–H and O–H groups in total. The largest absolute Gasteiger partial charge is 0.308 e. The van der Waals surface area contributed by atoms with Crippen LogP contribution in [0.15, 0.2) is 77.5 Å². The second-order valence-electron chi connectivity index (χ2n) is 7.24. The van der Waals surface area contributed by atoms with E-state index >= 15 is 0 Å². The third-order valence-electron chi connectivity index (χ3n) is 5.28. The van der Waals surface area contributed by atoms with Gasteiger partial charge in [-0.3, -0.25) is 14.6 Å². The lowest BCUT2D eigenvalue weighted by Gasteiger charge is -2.27. The Kier molecular flexibility index (Phi) is 6.35. The van der Waals surface area contributed by atoms with Gasteiger partial charge in [-0.15, -0.1) is 0 Å². The molecule has 3 aromatic rings. The number of fused-ring (bicyclic) bond motifs is 1. The molecule has 152 valence electrons. The van der Waals surface area contributed by atoms with E-state index in [1.165, 1.54) is 5.56 Å². The first-order valence-electron chi connectivity index (χ1n) is 9.95. The van der Waals surface area contributed by atoms with Crippen LogP contribution in [0.2, 0.25) is 0 Å². The van der Waals surface area contributed by atoms with Crippen molar-refractivity contribution < 1.29 is 9.59 Å². The fourth-order valence-corrected chi connectivity index (χ4v) is 4.16. The van der Waals surface area contributed by atoms with Gasteiger partial charge in [0.2, 0.25) is 0 Å². The molecule has 0 bridgehead atoms. The van der Waals surface area contributed by atoms with Crippen LogP contribution >= 0.6 is 15.9 Å². The SMILES string of the molecule is O=C(CCN(C(=O)c1cncc(Br)c1)c1ccccc1)C1NCCc2ccccc21. The van der Waals surface area contributed by atoms with E-state index in [2.05, 4.69) is 32.3 Å². The van der Waals surface area contributed by atoms with Gasteiger partial charge in [0.1, 0.15) is 0 Å². The Bertz CT molecular complexity index is 1060. The smallest absolute Gasteiger partial charge is 0.259 e. The first-order chi connectivity index (χ1) is 14.6. The van der Waals surface area contributed by atoms with Crippen molar-refractivity contribution in [1.29, 1.82) is 0 Å². The molecule has 0 saturated carbocycles. The Morgan fingerprint density at radius 2 is 1.83 bits per heavy atom. The highest BCUT2D eigenvalue weighted by atomic mass is 79.9. The molecular weight excluding hydrogens is 442 g/mol. The maximum atomic E-state index is 13.2. The summed E-state index contributed by atoms with van der Waals surface area (Å²) in [6, 6.07) is 18.9. The molecule has 1 amide bonds. The average molecular weight is 464 g/mol. The van der Waals surface area contributed by atoms with E-state index in [9.17, 15) is 9.59 Å². The van der Waals surface area contributed by atoms with Crippen LogP contribution in [0.4, 0.5) is 5.69 Å². The minimum Gasteiger partial charge on any atom is -0.308 e. The summed E-state index contributed by atoms with van der Waals surface area (Å²) in [5.74, 6) is -0.0944. The molecule has 1 unspecified atom stereocenters. The molecule has 0 radical (unpaired) electrons. The topological polar surface area (TPSA) is 62.3 Å². The third-order valence-corrected chi connectivity index (χ3v) is 5.71. The Hall–Kier alpha value is -2.83. The van der Waals surface area contributed by atoms with Gasteiger partial charge in [0.15, 0.2) is 5.78 Å². The van der Waals surface area contributed by atoms with Gasteiger partial charge < -0.3 is 10.2 Å². The number of pyridine rings is 1. The lowest BCUT2D eigenvalue weighted by Crippen LogP contribution is -2.38. The second kappa shape index (κ2) is 9.32. The molecule has 1 atom stereocenters. The maximum Gasteiger partial charge on any atom is 0.259 e. The number of hydrogen-bond donors (Lipinski definition) is 1. The zero-order valence-corrected chi connectivity index (χ0v) is 18.0.